The van der Waals surface area contributed by atoms with Crippen molar-refractivity contribution in [2.75, 3.05) is 6.26 Å². The number of rotatable bonds is 3. The standard InChI is InChI=1S/C14H14OS/c1-16-13-8-6-11(7-9-13)10-12-4-2-3-5-14(12)15/h2-9,15H,10H2,1H3. The van der Waals surface area contributed by atoms with E-state index in [0.717, 1.165) is 12.0 Å². The van der Waals surface area contributed by atoms with Crippen LogP contribution < -0.4 is 0 Å². The first kappa shape index (κ1) is 11.1. The second-order valence-electron chi connectivity index (χ2n) is 3.65. The van der Waals surface area contributed by atoms with E-state index in [1.807, 2.05) is 18.2 Å². The second kappa shape index (κ2) is 5.08. The van der Waals surface area contributed by atoms with Crippen molar-refractivity contribution >= 4 is 11.8 Å². The van der Waals surface area contributed by atoms with Gasteiger partial charge in [0.15, 0.2) is 0 Å². The average molecular weight is 230 g/mol. The number of hydrogen-bond acceptors (Lipinski definition) is 2. The zero-order valence-corrected chi connectivity index (χ0v) is 10.00. The van der Waals surface area contributed by atoms with E-state index >= 15 is 0 Å². The van der Waals surface area contributed by atoms with Gasteiger partial charge < -0.3 is 5.11 Å². The minimum absolute atomic E-state index is 0.372. The number of phenolic OH excluding ortho intramolecular Hbond substituents is 1. The van der Waals surface area contributed by atoms with Crippen LogP contribution in [0, 0.1) is 0 Å². The monoisotopic (exact) mass is 230 g/mol. The van der Waals surface area contributed by atoms with E-state index in [1.54, 1.807) is 17.8 Å². The molecule has 0 unspecified atom stereocenters. The molecule has 1 N–H and O–H groups in total. The predicted octanol–water partition coefficient (Wildman–Crippen LogP) is 3.70. The summed E-state index contributed by atoms with van der Waals surface area (Å²) in [5.41, 5.74) is 2.19. The summed E-state index contributed by atoms with van der Waals surface area (Å²) in [6.07, 6.45) is 2.85. The van der Waals surface area contributed by atoms with Crippen molar-refractivity contribution in [1.82, 2.24) is 0 Å². The molecule has 16 heavy (non-hydrogen) atoms. The molecule has 0 saturated carbocycles. The van der Waals surface area contributed by atoms with Gasteiger partial charge >= 0.3 is 0 Å². The molecule has 82 valence electrons. The highest BCUT2D eigenvalue weighted by Gasteiger charge is 2.01. The lowest BCUT2D eigenvalue weighted by Gasteiger charge is -2.05. The minimum Gasteiger partial charge on any atom is -0.508 e. The van der Waals surface area contributed by atoms with Crippen molar-refractivity contribution in [3.05, 3.63) is 59.7 Å². The van der Waals surface area contributed by atoms with Gasteiger partial charge in [-0.15, -0.1) is 11.8 Å². The maximum atomic E-state index is 9.67. The van der Waals surface area contributed by atoms with Crippen molar-refractivity contribution in [2.24, 2.45) is 0 Å². The third-order valence-electron chi connectivity index (χ3n) is 2.55. The fraction of sp³-hybridized carbons (Fsp3) is 0.143. The molecule has 0 saturated heterocycles. The van der Waals surface area contributed by atoms with Gasteiger partial charge in [0, 0.05) is 11.3 Å². The fourth-order valence-corrected chi connectivity index (χ4v) is 2.03. The van der Waals surface area contributed by atoms with Gasteiger partial charge in [0.05, 0.1) is 0 Å². The number of phenols is 1. The van der Waals surface area contributed by atoms with Gasteiger partial charge in [-0.1, -0.05) is 30.3 Å². The Morgan fingerprint density at radius 3 is 2.31 bits per heavy atom. The fourth-order valence-electron chi connectivity index (χ4n) is 1.62. The molecule has 0 amide bonds. The first-order valence-corrected chi connectivity index (χ1v) is 6.42. The van der Waals surface area contributed by atoms with Gasteiger partial charge in [-0.2, -0.15) is 0 Å². The van der Waals surface area contributed by atoms with E-state index in [2.05, 4.69) is 30.5 Å². The zero-order valence-electron chi connectivity index (χ0n) is 9.18. The third kappa shape index (κ3) is 2.58. The number of hydrogen-bond donors (Lipinski definition) is 1. The van der Waals surface area contributed by atoms with Crippen molar-refractivity contribution in [3.63, 3.8) is 0 Å². The normalized spacial score (nSPS) is 10.3. The first-order chi connectivity index (χ1) is 7.79. The highest BCUT2D eigenvalue weighted by molar-refractivity contribution is 7.98. The Morgan fingerprint density at radius 2 is 1.69 bits per heavy atom. The van der Waals surface area contributed by atoms with E-state index < -0.39 is 0 Å². The van der Waals surface area contributed by atoms with E-state index in [4.69, 9.17) is 0 Å². The molecule has 2 rings (SSSR count). The van der Waals surface area contributed by atoms with E-state index in [0.29, 0.717) is 5.75 Å². The van der Waals surface area contributed by atoms with Crippen LogP contribution in [0.25, 0.3) is 0 Å². The zero-order chi connectivity index (χ0) is 11.4. The maximum absolute atomic E-state index is 9.67. The molecule has 2 aromatic carbocycles. The molecule has 0 radical (unpaired) electrons. The highest BCUT2D eigenvalue weighted by atomic mass is 32.2. The summed E-state index contributed by atoms with van der Waals surface area (Å²) in [7, 11) is 0. The molecule has 0 heterocycles. The second-order valence-corrected chi connectivity index (χ2v) is 4.53. The van der Waals surface area contributed by atoms with Crippen molar-refractivity contribution in [2.45, 2.75) is 11.3 Å². The molecule has 0 aliphatic rings. The lowest BCUT2D eigenvalue weighted by molar-refractivity contribution is 0.469. The van der Waals surface area contributed by atoms with Crippen LogP contribution in [0.5, 0.6) is 5.75 Å². The average Bonchev–Trinajstić information content (AvgIpc) is 2.33. The molecule has 0 spiro atoms. The van der Waals surface area contributed by atoms with Gasteiger partial charge in [-0.25, -0.2) is 0 Å². The molecule has 0 atom stereocenters. The summed E-state index contributed by atoms with van der Waals surface area (Å²) in [4.78, 5) is 1.26. The molecule has 0 aromatic heterocycles. The van der Waals surface area contributed by atoms with Crippen LogP contribution in [0.1, 0.15) is 11.1 Å². The Hall–Kier alpha value is -1.41. The Balaban J connectivity index is 2.18. The van der Waals surface area contributed by atoms with Crippen molar-refractivity contribution in [3.8, 4) is 5.75 Å². The van der Waals surface area contributed by atoms with Gasteiger partial charge in [0.1, 0.15) is 5.75 Å². The molecular formula is C14H14OS. The maximum Gasteiger partial charge on any atom is 0.119 e. The lowest BCUT2D eigenvalue weighted by Crippen LogP contribution is -1.88. The molecule has 2 heteroatoms. The molecule has 2 aromatic rings. The Bertz CT molecular complexity index is 462. The topological polar surface area (TPSA) is 20.2 Å². The molecule has 0 bridgehead atoms. The van der Waals surface area contributed by atoms with Gasteiger partial charge in [-0.3, -0.25) is 0 Å². The summed E-state index contributed by atoms with van der Waals surface area (Å²) < 4.78 is 0. The van der Waals surface area contributed by atoms with Crippen molar-refractivity contribution < 1.29 is 5.11 Å². The van der Waals surface area contributed by atoms with Crippen LogP contribution in [-0.2, 0) is 6.42 Å². The van der Waals surface area contributed by atoms with Crippen LogP contribution >= 0.6 is 11.8 Å². The van der Waals surface area contributed by atoms with Crippen LogP contribution in [0.4, 0.5) is 0 Å². The number of aromatic hydroxyl groups is 1. The molecular weight excluding hydrogens is 216 g/mol. The quantitative estimate of drug-likeness (QED) is 0.811. The molecule has 0 aliphatic heterocycles. The largest absolute Gasteiger partial charge is 0.508 e. The van der Waals surface area contributed by atoms with E-state index in [1.165, 1.54) is 10.5 Å². The summed E-state index contributed by atoms with van der Waals surface area (Å²) in [6, 6.07) is 15.9. The van der Waals surface area contributed by atoms with E-state index in [-0.39, 0.29) is 0 Å². The smallest absolute Gasteiger partial charge is 0.119 e. The first-order valence-electron chi connectivity index (χ1n) is 5.19. The molecule has 0 fully saturated rings. The van der Waals surface area contributed by atoms with Crippen LogP contribution in [0.2, 0.25) is 0 Å². The number of benzene rings is 2. The Morgan fingerprint density at radius 1 is 1.00 bits per heavy atom. The molecule has 0 aliphatic carbocycles. The van der Waals surface area contributed by atoms with Crippen molar-refractivity contribution in [1.29, 1.82) is 0 Å². The summed E-state index contributed by atoms with van der Waals surface area (Å²) >= 11 is 1.74. The Kier molecular flexibility index (Phi) is 3.52. The lowest BCUT2D eigenvalue weighted by atomic mass is 10.0. The Labute approximate surface area is 100 Å². The van der Waals surface area contributed by atoms with E-state index in [9.17, 15) is 5.11 Å². The van der Waals surface area contributed by atoms with Gasteiger partial charge in [-0.05, 0) is 35.6 Å². The highest BCUT2D eigenvalue weighted by Crippen LogP contribution is 2.21. The third-order valence-corrected chi connectivity index (χ3v) is 3.29. The summed E-state index contributed by atoms with van der Waals surface area (Å²) in [5, 5.41) is 9.67. The summed E-state index contributed by atoms with van der Waals surface area (Å²) in [5.74, 6) is 0.372. The summed E-state index contributed by atoms with van der Waals surface area (Å²) in [6.45, 7) is 0. The number of thioether (sulfide) groups is 1. The predicted molar refractivity (Wildman–Crippen MR) is 69.1 cm³/mol. The minimum atomic E-state index is 0.372. The number of para-hydroxylation sites is 1. The molecule has 1 nitrogen and oxygen atoms in total. The SMILES string of the molecule is CSc1ccc(Cc2ccccc2O)cc1. The van der Waals surface area contributed by atoms with Crippen LogP contribution in [0.3, 0.4) is 0 Å². The van der Waals surface area contributed by atoms with Crippen LogP contribution in [-0.4, -0.2) is 11.4 Å². The van der Waals surface area contributed by atoms with Crippen LogP contribution in [0.15, 0.2) is 53.4 Å². The van der Waals surface area contributed by atoms with Gasteiger partial charge in [0.2, 0.25) is 0 Å². The van der Waals surface area contributed by atoms with Gasteiger partial charge in [0.25, 0.3) is 0 Å².